The van der Waals surface area contributed by atoms with E-state index in [-0.39, 0.29) is 28.4 Å². The second-order valence-corrected chi connectivity index (χ2v) is 11.3. The Morgan fingerprint density at radius 3 is 2.56 bits per heavy atom. The fourth-order valence-electron chi connectivity index (χ4n) is 4.33. The van der Waals surface area contributed by atoms with Crippen molar-refractivity contribution >= 4 is 44.8 Å². The van der Waals surface area contributed by atoms with Crippen LogP contribution in [-0.4, -0.2) is 50.2 Å². The molecule has 0 saturated carbocycles. The fraction of sp³-hybridized carbons (Fsp3) is 0.375. The lowest BCUT2D eigenvalue weighted by molar-refractivity contribution is -0.122. The van der Waals surface area contributed by atoms with Crippen LogP contribution in [0.4, 0.5) is 5.69 Å². The van der Waals surface area contributed by atoms with E-state index >= 15 is 0 Å². The number of thiophene rings is 1. The number of esters is 1. The van der Waals surface area contributed by atoms with Crippen LogP contribution in [0, 0.1) is 0 Å². The highest BCUT2D eigenvalue weighted by Crippen LogP contribution is 2.32. The smallest absolute Gasteiger partial charge is 0.337 e. The molecule has 2 amide bonds. The lowest BCUT2D eigenvalue weighted by Gasteiger charge is -2.27. The highest BCUT2D eigenvalue weighted by molar-refractivity contribution is 7.91. The molecule has 1 fully saturated rings. The van der Waals surface area contributed by atoms with Crippen molar-refractivity contribution in [2.45, 2.75) is 48.8 Å². The predicted octanol–water partition coefficient (Wildman–Crippen LogP) is 3.75. The van der Waals surface area contributed by atoms with Crippen molar-refractivity contribution in [3.05, 3.63) is 59.0 Å². The van der Waals surface area contributed by atoms with E-state index in [2.05, 4.69) is 10.8 Å². The molecule has 1 aromatic carbocycles. The summed E-state index contributed by atoms with van der Waals surface area (Å²) in [6.45, 7) is 0.130. The van der Waals surface area contributed by atoms with Crippen LogP contribution in [0.2, 0.25) is 0 Å². The third-order valence-electron chi connectivity index (χ3n) is 6.11. The van der Waals surface area contributed by atoms with E-state index in [4.69, 9.17) is 0 Å². The minimum absolute atomic E-state index is 0.130. The molecule has 180 valence electrons. The van der Waals surface area contributed by atoms with Gasteiger partial charge in [-0.3, -0.25) is 9.59 Å². The van der Waals surface area contributed by atoms with Gasteiger partial charge in [0, 0.05) is 6.54 Å². The maximum atomic E-state index is 13.5. The molecule has 1 unspecified atom stereocenters. The van der Waals surface area contributed by atoms with Crippen LogP contribution >= 0.6 is 11.3 Å². The minimum Gasteiger partial charge on any atom is -0.465 e. The van der Waals surface area contributed by atoms with Gasteiger partial charge in [-0.1, -0.05) is 17.7 Å². The number of carbonyl (C=O) groups excluding carboxylic acids is 3. The molecule has 4 rings (SSSR count). The van der Waals surface area contributed by atoms with Crippen LogP contribution in [0.25, 0.3) is 0 Å². The Hall–Kier alpha value is -2.82. The average Bonchev–Trinajstić information content (AvgIpc) is 3.49. The van der Waals surface area contributed by atoms with Gasteiger partial charge in [-0.2, -0.15) is 4.31 Å². The lowest BCUT2D eigenvalue weighted by Crippen LogP contribution is -2.45. The predicted molar refractivity (Wildman–Crippen MR) is 128 cm³/mol. The molecule has 1 aliphatic carbocycles. The Morgan fingerprint density at radius 2 is 1.94 bits per heavy atom. The normalized spacial score (nSPS) is 18.9. The van der Waals surface area contributed by atoms with Crippen LogP contribution in [0.3, 0.4) is 0 Å². The van der Waals surface area contributed by atoms with Gasteiger partial charge in [-0.15, -0.1) is 11.3 Å². The number of hydrogen-bond donors (Lipinski definition) is 0. The largest absolute Gasteiger partial charge is 0.465 e. The third-order valence-corrected chi connectivity index (χ3v) is 9.39. The number of amides is 2. The number of allylic oxidation sites excluding steroid dienone is 1. The number of sulfonamides is 1. The van der Waals surface area contributed by atoms with E-state index in [9.17, 15) is 22.8 Å². The topological polar surface area (TPSA) is 101 Å². The van der Waals surface area contributed by atoms with E-state index < -0.39 is 33.8 Å². The van der Waals surface area contributed by atoms with Gasteiger partial charge in [0.25, 0.3) is 15.9 Å². The molecule has 1 aromatic heterocycles. The Bertz CT molecular complexity index is 1200. The van der Waals surface area contributed by atoms with Crippen molar-refractivity contribution in [1.82, 2.24) is 4.31 Å². The van der Waals surface area contributed by atoms with Crippen molar-refractivity contribution in [1.29, 1.82) is 0 Å². The van der Waals surface area contributed by atoms with Crippen LogP contribution in [0.15, 0.2) is 57.6 Å². The summed E-state index contributed by atoms with van der Waals surface area (Å²) in [5, 5.41) is 1.67. The first-order valence-electron chi connectivity index (χ1n) is 11.1. The molecule has 2 aliphatic rings. The van der Waals surface area contributed by atoms with Crippen molar-refractivity contribution < 1.29 is 27.5 Å². The number of benzene rings is 1. The molecular formula is C24H26N2O6S2. The van der Waals surface area contributed by atoms with Gasteiger partial charge in [0.2, 0.25) is 5.91 Å². The maximum Gasteiger partial charge on any atom is 0.337 e. The molecule has 2 aromatic rings. The van der Waals surface area contributed by atoms with Crippen LogP contribution in [0.5, 0.6) is 0 Å². The fourth-order valence-corrected chi connectivity index (χ4v) is 7.03. The zero-order chi connectivity index (χ0) is 24.3. The van der Waals surface area contributed by atoms with Gasteiger partial charge in [-0.05, 0) is 67.8 Å². The maximum absolute atomic E-state index is 13.5. The highest BCUT2D eigenvalue weighted by Gasteiger charge is 2.47. The standard InChI is InChI=1S/C24H26N2O6S2/c1-32-24(29)18-9-11-19(12-10-18)26-21(27)16-20(23(26)28)25(14-13-17-6-3-2-4-7-17)34(30,31)22-8-5-15-33-22/h5-6,8-12,15,20H,2-4,7,13-14,16H2,1H3. The molecule has 0 radical (unpaired) electrons. The molecule has 34 heavy (non-hydrogen) atoms. The second kappa shape index (κ2) is 10.2. The Labute approximate surface area is 202 Å². The molecule has 2 heterocycles. The number of imide groups is 1. The van der Waals surface area contributed by atoms with E-state index in [1.54, 1.807) is 11.4 Å². The summed E-state index contributed by atoms with van der Waals surface area (Å²) in [6, 6.07) is 7.93. The lowest BCUT2D eigenvalue weighted by atomic mass is 9.97. The SMILES string of the molecule is COC(=O)c1ccc(N2C(=O)CC(N(CCC3=CCCCC3)S(=O)(=O)c3cccs3)C2=O)cc1. The van der Waals surface area contributed by atoms with Gasteiger partial charge in [-0.25, -0.2) is 18.1 Å². The van der Waals surface area contributed by atoms with Crippen LogP contribution in [0.1, 0.15) is 48.9 Å². The number of carbonyl (C=O) groups is 3. The van der Waals surface area contributed by atoms with Gasteiger partial charge >= 0.3 is 5.97 Å². The summed E-state index contributed by atoms with van der Waals surface area (Å²) in [5.74, 6) is -1.61. The zero-order valence-electron chi connectivity index (χ0n) is 18.8. The summed E-state index contributed by atoms with van der Waals surface area (Å²) in [6.07, 6.45) is 6.53. The Morgan fingerprint density at radius 1 is 1.18 bits per heavy atom. The van der Waals surface area contributed by atoms with Crippen LogP contribution in [-0.2, 0) is 24.3 Å². The molecule has 8 nitrogen and oxygen atoms in total. The summed E-state index contributed by atoms with van der Waals surface area (Å²) < 4.78 is 33.0. The number of rotatable bonds is 8. The average molecular weight is 503 g/mol. The number of hydrogen-bond acceptors (Lipinski definition) is 7. The van der Waals surface area contributed by atoms with E-state index in [1.807, 2.05) is 0 Å². The summed E-state index contributed by atoms with van der Waals surface area (Å²) >= 11 is 1.09. The van der Waals surface area contributed by atoms with E-state index in [1.165, 1.54) is 47.3 Å². The Balaban J connectivity index is 1.62. The van der Waals surface area contributed by atoms with E-state index in [0.29, 0.717) is 6.42 Å². The number of anilines is 1. The molecule has 0 spiro atoms. The molecule has 1 saturated heterocycles. The number of ether oxygens (including phenoxy) is 1. The number of nitrogens with zero attached hydrogens (tertiary/aromatic N) is 2. The molecule has 0 N–H and O–H groups in total. The van der Waals surface area contributed by atoms with E-state index in [0.717, 1.165) is 41.9 Å². The van der Waals surface area contributed by atoms with Gasteiger partial charge in [0.1, 0.15) is 10.3 Å². The molecule has 10 heteroatoms. The van der Waals surface area contributed by atoms with Gasteiger partial charge in [0.15, 0.2) is 0 Å². The van der Waals surface area contributed by atoms with Crippen LogP contribution < -0.4 is 4.90 Å². The summed E-state index contributed by atoms with van der Waals surface area (Å²) in [4.78, 5) is 39.0. The second-order valence-electron chi connectivity index (χ2n) is 8.23. The quantitative estimate of drug-likeness (QED) is 0.310. The Kier molecular flexibility index (Phi) is 7.30. The molecule has 1 atom stereocenters. The highest BCUT2D eigenvalue weighted by atomic mass is 32.2. The third kappa shape index (κ3) is 4.84. The monoisotopic (exact) mass is 502 g/mol. The first kappa shape index (κ1) is 24.3. The summed E-state index contributed by atoms with van der Waals surface area (Å²) in [5.41, 5.74) is 1.75. The first-order chi connectivity index (χ1) is 16.3. The summed E-state index contributed by atoms with van der Waals surface area (Å²) in [7, 11) is -2.70. The molecule has 0 bridgehead atoms. The van der Waals surface area contributed by atoms with Crippen molar-refractivity contribution in [2.75, 3.05) is 18.6 Å². The molecular weight excluding hydrogens is 476 g/mol. The minimum atomic E-state index is -3.96. The van der Waals surface area contributed by atoms with Gasteiger partial charge < -0.3 is 4.74 Å². The molecule has 1 aliphatic heterocycles. The number of methoxy groups -OCH3 is 1. The van der Waals surface area contributed by atoms with Gasteiger partial charge in [0.05, 0.1) is 24.8 Å². The van der Waals surface area contributed by atoms with Crippen molar-refractivity contribution in [3.63, 3.8) is 0 Å². The first-order valence-corrected chi connectivity index (χ1v) is 13.4. The van der Waals surface area contributed by atoms with Crippen molar-refractivity contribution in [3.8, 4) is 0 Å². The van der Waals surface area contributed by atoms with Crippen molar-refractivity contribution in [2.24, 2.45) is 0 Å². The zero-order valence-corrected chi connectivity index (χ0v) is 20.4.